The van der Waals surface area contributed by atoms with Crippen molar-refractivity contribution in [2.45, 2.75) is 6.04 Å². The Morgan fingerprint density at radius 2 is 2.25 bits per heavy atom. The molecule has 2 atom stereocenters. The summed E-state index contributed by atoms with van der Waals surface area (Å²) in [5.74, 6) is -0.504. The van der Waals surface area contributed by atoms with Gasteiger partial charge in [0.2, 0.25) is 0 Å². The molecule has 8 heteroatoms. The second kappa shape index (κ2) is 6.48. The Kier molecular flexibility index (Phi) is 4.34. The molecule has 2 fully saturated rings. The molecule has 2 bridgehead atoms. The molecule has 128 valence electrons. The van der Waals surface area contributed by atoms with Gasteiger partial charge in [0.1, 0.15) is 0 Å². The summed E-state index contributed by atoms with van der Waals surface area (Å²) in [6.45, 7) is 3.62. The van der Waals surface area contributed by atoms with Crippen LogP contribution in [0.2, 0.25) is 5.02 Å². The standard InChI is InChI=1S/C16H18ClN3O3S/c17-11-1-2-13-14(3-11)24-16(18-13)20-5-10-4-19(7-15(21)22)12(6-20)9-23-8-10/h1-3,10,12H,4-9H2,(H,21,22)/t10-,12+/m1/s1. The molecule has 1 aromatic heterocycles. The van der Waals surface area contributed by atoms with Gasteiger partial charge in [0, 0.05) is 30.6 Å². The molecule has 3 heterocycles. The van der Waals surface area contributed by atoms with Crippen LogP contribution in [0.3, 0.4) is 0 Å². The molecule has 6 nitrogen and oxygen atoms in total. The highest BCUT2D eigenvalue weighted by Crippen LogP contribution is 2.33. The molecule has 24 heavy (non-hydrogen) atoms. The van der Waals surface area contributed by atoms with Gasteiger partial charge < -0.3 is 14.7 Å². The lowest BCUT2D eigenvalue weighted by Crippen LogP contribution is -2.45. The molecule has 4 rings (SSSR count). The normalized spacial score (nSPS) is 25.0. The highest BCUT2D eigenvalue weighted by atomic mass is 35.5. The Balaban J connectivity index is 1.62. The molecule has 2 aliphatic rings. The number of halogens is 1. The highest BCUT2D eigenvalue weighted by molar-refractivity contribution is 7.22. The number of carboxylic acids is 1. The minimum Gasteiger partial charge on any atom is -0.480 e. The van der Waals surface area contributed by atoms with E-state index in [0.29, 0.717) is 18.2 Å². The number of aromatic nitrogens is 1. The smallest absolute Gasteiger partial charge is 0.317 e. The molecule has 0 radical (unpaired) electrons. The van der Waals surface area contributed by atoms with Gasteiger partial charge in [-0.2, -0.15) is 0 Å². The molecule has 0 amide bonds. The maximum Gasteiger partial charge on any atom is 0.317 e. The summed E-state index contributed by atoms with van der Waals surface area (Å²) >= 11 is 7.71. The average molecular weight is 368 g/mol. The van der Waals surface area contributed by atoms with Crippen LogP contribution < -0.4 is 4.90 Å². The Bertz CT molecular complexity index is 768. The van der Waals surface area contributed by atoms with Crippen molar-refractivity contribution in [2.75, 3.05) is 44.3 Å². The van der Waals surface area contributed by atoms with Gasteiger partial charge in [-0.15, -0.1) is 0 Å². The number of thiazole rings is 1. The Labute approximate surface area is 148 Å². The first-order valence-electron chi connectivity index (χ1n) is 7.93. The summed E-state index contributed by atoms with van der Waals surface area (Å²) < 4.78 is 6.81. The van der Waals surface area contributed by atoms with Crippen LogP contribution in [0.4, 0.5) is 5.13 Å². The lowest BCUT2D eigenvalue weighted by atomic mass is 10.1. The fraction of sp³-hybridized carbons (Fsp3) is 0.500. The summed E-state index contributed by atoms with van der Waals surface area (Å²) in [7, 11) is 0. The molecule has 0 saturated carbocycles. The first-order valence-corrected chi connectivity index (χ1v) is 9.12. The molecular formula is C16H18ClN3O3S. The molecule has 1 N–H and O–H groups in total. The van der Waals surface area contributed by atoms with Crippen molar-refractivity contribution in [3.63, 3.8) is 0 Å². The third-order valence-electron chi connectivity index (χ3n) is 4.53. The fourth-order valence-electron chi connectivity index (χ4n) is 3.47. The van der Waals surface area contributed by atoms with Crippen molar-refractivity contribution in [1.82, 2.24) is 9.88 Å². The van der Waals surface area contributed by atoms with Gasteiger partial charge in [0.25, 0.3) is 0 Å². The zero-order valence-electron chi connectivity index (χ0n) is 13.0. The van der Waals surface area contributed by atoms with E-state index in [9.17, 15) is 4.79 Å². The fourth-order valence-corrected chi connectivity index (χ4v) is 4.73. The minimum atomic E-state index is -0.788. The van der Waals surface area contributed by atoms with Gasteiger partial charge in [-0.1, -0.05) is 22.9 Å². The van der Waals surface area contributed by atoms with Crippen LogP contribution in [0, 0.1) is 5.92 Å². The second-order valence-electron chi connectivity index (χ2n) is 6.39. The van der Waals surface area contributed by atoms with Gasteiger partial charge in [-0.25, -0.2) is 4.98 Å². The predicted molar refractivity (Wildman–Crippen MR) is 94.1 cm³/mol. The molecule has 2 aromatic rings. The topological polar surface area (TPSA) is 65.9 Å². The molecule has 1 aromatic carbocycles. The van der Waals surface area contributed by atoms with Crippen LogP contribution in [0.15, 0.2) is 18.2 Å². The van der Waals surface area contributed by atoms with Gasteiger partial charge in [0.05, 0.1) is 36.0 Å². The van der Waals surface area contributed by atoms with E-state index in [1.54, 1.807) is 11.3 Å². The Hall–Kier alpha value is -1.41. The van der Waals surface area contributed by atoms with Crippen molar-refractivity contribution in [2.24, 2.45) is 5.92 Å². The van der Waals surface area contributed by atoms with E-state index in [1.165, 1.54) is 0 Å². The van der Waals surface area contributed by atoms with Crippen LogP contribution in [-0.4, -0.2) is 66.4 Å². The molecule has 0 spiro atoms. The first-order chi connectivity index (χ1) is 11.6. The van der Waals surface area contributed by atoms with Gasteiger partial charge >= 0.3 is 5.97 Å². The Morgan fingerprint density at radius 3 is 3.08 bits per heavy atom. The Morgan fingerprint density at radius 1 is 1.38 bits per heavy atom. The van der Waals surface area contributed by atoms with E-state index < -0.39 is 5.97 Å². The quantitative estimate of drug-likeness (QED) is 0.896. The number of ether oxygens (including phenoxy) is 1. The zero-order valence-corrected chi connectivity index (χ0v) is 14.6. The van der Waals surface area contributed by atoms with Gasteiger partial charge in [0.15, 0.2) is 5.13 Å². The van der Waals surface area contributed by atoms with E-state index in [-0.39, 0.29) is 18.5 Å². The number of hydrogen-bond acceptors (Lipinski definition) is 6. The van der Waals surface area contributed by atoms with Crippen LogP contribution in [-0.2, 0) is 9.53 Å². The SMILES string of the molecule is O=C(O)CN1C[C@H]2COC[C@@H]1CN(c1nc3ccc(Cl)cc3s1)C2. The van der Waals surface area contributed by atoms with Crippen LogP contribution in [0.5, 0.6) is 0 Å². The van der Waals surface area contributed by atoms with Crippen molar-refractivity contribution < 1.29 is 14.6 Å². The molecule has 2 aliphatic heterocycles. The van der Waals surface area contributed by atoms with Crippen LogP contribution in [0.25, 0.3) is 10.2 Å². The summed E-state index contributed by atoms with van der Waals surface area (Å²) in [6.07, 6.45) is 0. The number of benzene rings is 1. The van der Waals surface area contributed by atoms with E-state index in [0.717, 1.165) is 35.0 Å². The summed E-state index contributed by atoms with van der Waals surface area (Å²) in [5, 5.41) is 10.9. The monoisotopic (exact) mass is 367 g/mol. The first kappa shape index (κ1) is 16.1. The lowest BCUT2D eigenvalue weighted by molar-refractivity contribution is -0.138. The number of carboxylic acid groups (broad SMARTS) is 1. The largest absolute Gasteiger partial charge is 0.480 e. The highest BCUT2D eigenvalue weighted by Gasteiger charge is 2.35. The minimum absolute atomic E-state index is 0.0633. The molecular weight excluding hydrogens is 350 g/mol. The number of hydrogen-bond donors (Lipinski definition) is 1. The summed E-state index contributed by atoms with van der Waals surface area (Å²) in [6, 6.07) is 5.81. The maximum atomic E-state index is 11.2. The van der Waals surface area contributed by atoms with E-state index >= 15 is 0 Å². The third kappa shape index (κ3) is 3.21. The average Bonchev–Trinajstić information content (AvgIpc) is 2.73. The van der Waals surface area contributed by atoms with Crippen LogP contribution in [0.1, 0.15) is 0 Å². The van der Waals surface area contributed by atoms with Crippen molar-refractivity contribution >= 4 is 44.3 Å². The van der Waals surface area contributed by atoms with Crippen LogP contribution >= 0.6 is 22.9 Å². The van der Waals surface area contributed by atoms with E-state index in [1.807, 2.05) is 23.1 Å². The number of carbonyl (C=O) groups is 1. The molecule has 0 unspecified atom stereocenters. The number of fused-ring (bicyclic) bond motifs is 4. The number of aliphatic carboxylic acids is 1. The zero-order chi connectivity index (χ0) is 16.7. The number of nitrogens with zero attached hydrogens (tertiary/aromatic N) is 3. The molecule has 0 aliphatic carbocycles. The number of anilines is 1. The molecule has 2 saturated heterocycles. The lowest BCUT2D eigenvalue weighted by Gasteiger charge is -2.30. The predicted octanol–water partition coefficient (Wildman–Crippen LogP) is 2.17. The van der Waals surface area contributed by atoms with Crippen molar-refractivity contribution in [3.05, 3.63) is 23.2 Å². The van der Waals surface area contributed by atoms with Gasteiger partial charge in [-0.05, 0) is 18.2 Å². The maximum absolute atomic E-state index is 11.2. The second-order valence-corrected chi connectivity index (χ2v) is 7.84. The number of rotatable bonds is 3. The summed E-state index contributed by atoms with van der Waals surface area (Å²) in [4.78, 5) is 20.2. The van der Waals surface area contributed by atoms with E-state index in [2.05, 4.69) is 4.90 Å². The van der Waals surface area contributed by atoms with Crippen molar-refractivity contribution in [1.29, 1.82) is 0 Å². The van der Waals surface area contributed by atoms with E-state index in [4.69, 9.17) is 26.4 Å². The third-order valence-corrected chi connectivity index (χ3v) is 5.84. The summed E-state index contributed by atoms with van der Waals surface area (Å²) in [5.41, 5.74) is 0.951. The van der Waals surface area contributed by atoms with Crippen molar-refractivity contribution in [3.8, 4) is 0 Å². The van der Waals surface area contributed by atoms with Gasteiger partial charge in [-0.3, -0.25) is 9.69 Å².